The Hall–Kier alpha value is -0.340. The molecular formula is C7H10NS. The Morgan fingerprint density at radius 3 is 3.11 bits per heavy atom. The predicted molar refractivity (Wildman–Crippen MR) is 40.5 cm³/mol. The quantitative estimate of drug-likeness (QED) is 0.661. The van der Waals surface area contributed by atoms with Gasteiger partial charge in [-0.3, -0.25) is 0 Å². The van der Waals surface area contributed by atoms with Crippen LogP contribution >= 0.6 is 11.3 Å². The fourth-order valence-corrected chi connectivity index (χ4v) is 1.48. The highest BCUT2D eigenvalue weighted by Gasteiger charge is 1.96. The van der Waals surface area contributed by atoms with Gasteiger partial charge in [-0.2, -0.15) is 0 Å². The van der Waals surface area contributed by atoms with E-state index in [2.05, 4.69) is 6.07 Å². The van der Waals surface area contributed by atoms with Crippen molar-refractivity contribution in [3.63, 3.8) is 0 Å². The Morgan fingerprint density at radius 1 is 1.89 bits per heavy atom. The van der Waals surface area contributed by atoms with Gasteiger partial charge in [0.05, 0.1) is 0 Å². The molecule has 0 aliphatic rings. The molecule has 9 heavy (non-hydrogen) atoms. The van der Waals surface area contributed by atoms with Crippen LogP contribution in [0.5, 0.6) is 0 Å². The lowest BCUT2D eigenvalue weighted by Crippen LogP contribution is -2.16. The Morgan fingerprint density at radius 2 is 2.67 bits per heavy atom. The second-order valence-electron chi connectivity index (χ2n) is 2.19. The summed E-state index contributed by atoms with van der Waals surface area (Å²) in [5.41, 5.74) is 5.58. The number of hydrogen-bond donors (Lipinski definition) is 1. The zero-order chi connectivity index (χ0) is 6.69. The molecule has 1 radical (unpaired) electrons. The minimum atomic E-state index is 0.275. The second kappa shape index (κ2) is 2.99. The summed E-state index contributed by atoms with van der Waals surface area (Å²) in [4.78, 5) is 1.32. The van der Waals surface area contributed by atoms with Crippen LogP contribution in [-0.2, 0) is 6.42 Å². The van der Waals surface area contributed by atoms with Crippen molar-refractivity contribution in [1.82, 2.24) is 0 Å². The van der Waals surface area contributed by atoms with Crippen molar-refractivity contribution in [2.24, 2.45) is 5.73 Å². The summed E-state index contributed by atoms with van der Waals surface area (Å²) < 4.78 is 0. The maximum absolute atomic E-state index is 5.58. The first-order valence-corrected chi connectivity index (χ1v) is 3.86. The molecule has 1 aromatic rings. The van der Waals surface area contributed by atoms with Gasteiger partial charge < -0.3 is 5.73 Å². The fourth-order valence-electron chi connectivity index (χ4n) is 0.695. The molecule has 0 saturated carbocycles. The topological polar surface area (TPSA) is 26.0 Å². The van der Waals surface area contributed by atoms with Crippen LogP contribution in [0.15, 0.2) is 11.4 Å². The van der Waals surface area contributed by atoms with E-state index in [9.17, 15) is 0 Å². The molecule has 1 heterocycles. The summed E-state index contributed by atoms with van der Waals surface area (Å²) in [6.07, 6.45) is 0.980. The van der Waals surface area contributed by atoms with Gasteiger partial charge in [-0.1, -0.05) is 0 Å². The Balaban J connectivity index is 2.48. The maximum Gasteiger partial charge on any atom is 0.00669 e. The molecule has 2 heteroatoms. The van der Waals surface area contributed by atoms with Crippen LogP contribution in [0, 0.1) is 6.07 Å². The molecule has 1 nitrogen and oxygen atoms in total. The molecule has 1 atom stereocenters. The lowest BCUT2D eigenvalue weighted by atomic mass is 10.2. The van der Waals surface area contributed by atoms with Crippen LogP contribution in [-0.4, -0.2) is 6.04 Å². The van der Waals surface area contributed by atoms with Crippen molar-refractivity contribution in [3.05, 3.63) is 22.4 Å². The zero-order valence-electron chi connectivity index (χ0n) is 5.42. The van der Waals surface area contributed by atoms with Crippen molar-refractivity contribution < 1.29 is 0 Å². The average molecular weight is 140 g/mol. The van der Waals surface area contributed by atoms with E-state index in [0.29, 0.717) is 0 Å². The summed E-state index contributed by atoms with van der Waals surface area (Å²) in [5, 5.41) is 1.96. The van der Waals surface area contributed by atoms with Gasteiger partial charge in [-0.25, -0.2) is 0 Å². The molecule has 49 valence electrons. The van der Waals surface area contributed by atoms with Crippen LogP contribution in [0.4, 0.5) is 0 Å². The number of thiophene rings is 1. The van der Waals surface area contributed by atoms with Gasteiger partial charge in [0.15, 0.2) is 0 Å². The van der Waals surface area contributed by atoms with Crippen molar-refractivity contribution >= 4 is 11.3 Å². The molecule has 1 unspecified atom stereocenters. The van der Waals surface area contributed by atoms with Gasteiger partial charge in [-0.15, -0.1) is 11.3 Å². The Labute approximate surface area is 59.5 Å². The lowest BCUT2D eigenvalue weighted by Gasteiger charge is -1.99. The van der Waals surface area contributed by atoms with Gasteiger partial charge in [-0.05, 0) is 30.9 Å². The van der Waals surface area contributed by atoms with E-state index in [1.165, 1.54) is 4.88 Å². The van der Waals surface area contributed by atoms with Gasteiger partial charge in [0.2, 0.25) is 0 Å². The van der Waals surface area contributed by atoms with E-state index in [1.54, 1.807) is 11.3 Å². The average Bonchev–Trinajstić information content (AvgIpc) is 2.15. The predicted octanol–water partition coefficient (Wildman–Crippen LogP) is 1.44. The number of rotatable bonds is 2. The molecule has 0 aliphatic heterocycles. The molecule has 1 rings (SSSR count). The highest BCUT2D eigenvalue weighted by atomic mass is 32.1. The molecule has 0 saturated heterocycles. The molecular weight excluding hydrogens is 130 g/mol. The first kappa shape index (κ1) is 6.78. The van der Waals surface area contributed by atoms with E-state index in [4.69, 9.17) is 5.73 Å². The van der Waals surface area contributed by atoms with Crippen molar-refractivity contribution in [2.75, 3.05) is 0 Å². The van der Waals surface area contributed by atoms with Crippen LogP contribution in [0.3, 0.4) is 0 Å². The molecule has 0 bridgehead atoms. The normalized spacial score (nSPS) is 13.6. The molecule has 1 aromatic heterocycles. The van der Waals surface area contributed by atoms with Gasteiger partial charge >= 0.3 is 0 Å². The van der Waals surface area contributed by atoms with Crippen LogP contribution in [0.25, 0.3) is 0 Å². The summed E-state index contributed by atoms with van der Waals surface area (Å²) in [5.74, 6) is 0. The molecule has 0 aliphatic carbocycles. The number of nitrogens with two attached hydrogens (primary N) is 1. The molecule has 0 aromatic carbocycles. The summed E-state index contributed by atoms with van der Waals surface area (Å²) >= 11 is 1.72. The minimum absolute atomic E-state index is 0.275. The van der Waals surface area contributed by atoms with E-state index >= 15 is 0 Å². The largest absolute Gasteiger partial charge is 0.328 e. The molecule has 2 N–H and O–H groups in total. The van der Waals surface area contributed by atoms with Crippen molar-refractivity contribution in [1.29, 1.82) is 0 Å². The summed E-state index contributed by atoms with van der Waals surface area (Å²) in [7, 11) is 0. The zero-order valence-corrected chi connectivity index (χ0v) is 6.24. The van der Waals surface area contributed by atoms with Crippen LogP contribution < -0.4 is 5.73 Å². The highest BCUT2D eigenvalue weighted by Crippen LogP contribution is 2.08. The molecule has 0 fully saturated rings. The molecule has 0 spiro atoms. The third-order valence-corrected chi connectivity index (χ3v) is 1.89. The maximum atomic E-state index is 5.58. The SMILES string of the molecule is CC(N)Cc1c[c]cs1. The smallest absolute Gasteiger partial charge is 0.00669 e. The second-order valence-corrected chi connectivity index (χ2v) is 3.19. The van der Waals surface area contributed by atoms with E-state index in [1.807, 2.05) is 18.4 Å². The highest BCUT2D eigenvalue weighted by molar-refractivity contribution is 7.09. The van der Waals surface area contributed by atoms with E-state index < -0.39 is 0 Å². The lowest BCUT2D eigenvalue weighted by molar-refractivity contribution is 0.746. The van der Waals surface area contributed by atoms with Crippen LogP contribution in [0.2, 0.25) is 0 Å². The minimum Gasteiger partial charge on any atom is -0.328 e. The molecule has 0 amide bonds. The van der Waals surface area contributed by atoms with Gasteiger partial charge in [0.1, 0.15) is 0 Å². The third kappa shape index (κ3) is 2.16. The monoisotopic (exact) mass is 140 g/mol. The third-order valence-electron chi connectivity index (χ3n) is 1.05. The Bertz CT molecular complexity index is 155. The van der Waals surface area contributed by atoms with Gasteiger partial charge in [0.25, 0.3) is 0 Å². The van der Waals surface area contributed by atoms with Crippen molar-refractivity contribution in [3.8, 4) is 0 Å². The standard InChI is InChI=1S/C7H10NS/c1-6(8)5-7-3-2-4-9-7/h3-4,6H,5,8H2,1H3. The fraction of sp³-hybridized carbons (Fsp3) is 0.429. The summed E-state index contributed by atoms with van der Waals surface area (Å²) in [6, 6.07) is 5.27. The summed E-state index contributed by atoms with van der Waals surface area (Å²) in [6.45, 7) is 2.01. The Kier molecular flexibility index (Phi) is 2.25. The number of hydrogen-bond acceptors (Lipinski definition) is 2. The van der Waals surface area contributed by atoms with E-state index in [0.717, 1.165) is 6.42 Å². The van der Waals surface area contributed by atoms with Crippen LogP contribution in [0.1, 0.15) is 11.8 Å². The first-order chi connectivity index (χ1) is 4.29. The van der Waals surface area contributed by atoms with Gasteiger partial charge in [0, 0.05) is 10.9 Å². The van der Waals surface area contributed by atoms with Crippen molar-refractivity contribution in [2.45, 2.75) is 19.4 Å². The first-order valence-electron chi connectivity index (χ1n) is 2.98. The van der Waals surface area contributed by atoms with E-state index in [-0.39, 0.29) is 6.04 Å².